The molecule has 0 aliphatic carbocycles. The maximum Gasteiger partial charge on any atom is 0.253 e. The Bertz CT molecular complexity index is 428. The highest BCUT2D eigenvalue weighted by molar-refractivity contribution is 5.96. The Morgan fingerprint density at radius 3 is 2.71 bits per heavy atom. The van der Waals surface area contributed by atoms with E-state index in [1.807, 2.05) is 42.2 Å². The summed E-state index contributed by atoms with van der Waals surface area (Å²) in [5.41, 5.74) is 1.49. The summed E-state index contributed by atoms with van der Waals surface area (Å²) >= 11 is 0. The zero-order chi connectivity index (χ0) is 12.3. The van der Waals surface area contributed by atoms with E-state index in [0.717, 1.165) is 5.71 Å². The normalized spacial score (nSPS) is 22.8. The summed E-state index contributed by atoms with van der Waals surface area (Å²) in [5, 5.41) is 12.1. The molecule has 1 heterocycles. The number of benzene rings is 1. The number of oxime groups is 1. The van der Waals surface area contributed by atoms with Gasteiger partial charge in [-0.3, -0.25) is 4.79 Å². The summed E-state index contributed by atoms with van der Waals surface area (Å²) in [6, 6.07) is 9.26. The van der Waals surface area contributed by atoms with Crippen LogP contribution in [0.5, 0.6) is 0 Å². The third-order valence-corrected chi connectivity index (χ3v) is 3.14. The number of likely N-dealkylation sites (tertiary alicyclic amines) is 1. The van der Waals surface area contributed by atoms with E-state index in [0.29, 0.717) is 25.1 Å². The van der Waals surface area contributed by atoms with E-state index in [1.165, 1.54) is 0 Å². The van der Waals surface area contributed by atoms with E-state index in [2.05, 4.69) is 5.16 Å². The van der Waals surface area contributed by atoms with Crippen molar-refractivity contribution in [2.75, 3.05) is 13.1 Å². The van der Waals surface area contributed by atoms with Crippen molar-refractivity contribution in [2.24, 2.45) is 11.1 Å². The first kappa shape index (κ1) is 11.6. The molecule has 1 N–H and O–H groups in total. The summed E-state index contributed by atoms with van der Waals surface area (Å²) in [6.45, 7) is 3.21. The Balaban J connectivity index is 2.08. The van der Waals surface area contributed by atoms with Crippen LogP contribution in [0.3, 0.4) is 0 Å². The highest BCUT2D eigenvalue weighted by Gasteiger charge is 2.26. The maximum absolute atomic E-state index is 12.2. The fourth-order valence-electron chi connectivity index (χ4n) is 2.12. The van der Waals surface area contributed by atoms with Crippen LogP contribution >= 0.6 is 0 Å². The van der Waals surface area contributed by atoms with Crippen molar-refractivity contribution in [3.63, 3.8) is 0 Å². The van der Waals surface area contributed by atoms with E-state index in [4.69, 9.17) is 5.21 Å². The van der Waals surface area contributed by atoms with Crippen molar-refractivity contribution in [1.82, 2.24) is 4.90 Å². The summed E-state index contributed by atoms with van der Waals surface area (Å²) < 4.78 is 0. The summed E-state index contributed by atoms with van der Waals surface area (Å²) in [5.74, 6) is 0.177. The third-order valence-electron chi connectivity index (χ3n) is 3.14. The minimum absolute atomic E-state index is 0.0504. The summed E-state index contributed by atoms with van der Waals surface area (Å²) in [4.78, 5) is 14.0. The Labute approximate surface area is 101 Å². The van der Waals surface area contributed by atoms with Gasteiger partial charge in [-0.2, -0.15) is 0 Å². The van der Waals surface area contributed by atoms with Gasteiger partial charge < -0.3 is 10.1 Å². The quantitative estimate of drug-likeness (QED) is 0.594. The third kappa shape index (κ3) is 2.46. The minimum atomic E-state index is 0.0504. The van der Waals surface area contributed by atoms with Crippen LogP contribution in [0.4, 0.5) is 0 Å². The lowest BCUT2D eigenvalue weighted by molar-refractivity contribution is 0.0734. The molecule has 0 radical (unpaired) electrons. The van der Waals surface area contributed by atoms with E-state index in [1.54, 1.807) is 0 Å². The van der Waals surface area contributed by atoms with Crippen LogP contribution in [0, 0.1) is 5.92 Å². The highest BCUT2D eigenvalue weighted by Crippen LogP contribution is 2.16. The second kappa shape index (κ2) is 4.99. The van der Waals surface area contributed by atoms with Gasteiger partial charge >= 0.3 is 0 Å². The molecule has 1 amide bonds. The number of nitrogens with zero attached hydrogens (tertiary/aromatic N) is 2. The minimum Gasteiger partial charge on any atom is -0.411 e. The summed E-state index contributed by atoms with van der Waals surface area (Å²) in [6.07, 6.45) is 0.649. The molecule has 1 atom stereocenters. The lowest BCUT2D eigenvalue weighted by Crippen LogP contribution is -2.43. The first-order chi connectivity index (χ1) is 8.22. The number of hydrogen-bond donors (Lipinski definition) is 1. The van der Waals surface area contributed by atoms with Gasteiger partial charge in [0.05, 0.1) is 5.71 Å². The molecule has 0 spiro atoms. The Morgan fingerprint density at radius 1 is 1.41 bits per heavy atom. The largest absolute Gasteiger partial charge is 0.411 e. The zero-order valence-corrected chi connectivity index (χ0v) is 9.84. The molecule has 1 aromatic rings. The van der Waals surface area contributed by atoms with Gasteiger partial charge in [-0.05, 0) is 12.1 Å². The lowest BCUT2D eigenvalue weighted by atomic mass is 9.97. The number of piperidine rings is 1. The van der Waals surface area contributed by atoms with Crippen molar-refractivity contribution in [3.8, 4) is 0 Å². The maximum atomic E-state index is 12.2. The van der Waals surface area contributed by atoms with E-state index >= 15 is 0 Å². The average Bonchev–Trinajstić information content (AvgIpc) is 2.39. The summed E-state index contributed by atoms with van der Waals surface area (Å²) in [7, 11) is 0. The number of hydrogen-bond acceptors (Lipinski definition) is 3. The molecule has 0 aromatic heterocycles. The number of carbonyl (C=O) groups excluding carboxylic acids is 1. The molecule has 1 fully saturated rings. The van der Waals surface area contributed by atoms with E-state index in [-0.39, 0.29) is 11.8 Å². The van der Waals surface area contributed by atoms with Gasteiger partial charge in [0, 0.05) is 31.0 Å². The molecule has 0 saturated carbocycles. The molecule has 90 valence electrons. The van der Waals surface area contributed by atoms with Crippen molar-refractivity contribution in [3.05, 3.63) is 35.9 Å². The zero-order valence-electron chi connectivity index (χ0n) is 9.84. The molecular formula is C13H16N2O2. The molecule has 4 heteroatoms. The number of amides is 1. The highest BCUT2D eigenvalue weighted by atomic mass is 16.4. The smallest absolute Gasteiger partial charge is 0.253 e. The number of carbonyl (C=O) groups is 1. The van der Waals surface area contributed by atoms with Gasteiger partial charge in [0.2, 0.25) is 0 Å². The van der Waals surface area contributed by atoms with Gasteiger partial charge in [-0.15, -0.1) is 0 Å². The van der Waals surface area contributed by atoms with Crippen molar-refractivity contribution in [1.29, 1.82) is 0 Å². The number of rotatable bonds is 1. The fraction of sp³-hybridized carbons (Fsp3) is 0.385. The van der Waals surface area contributed by atoms with E-state index < -0.39 is 0 Å². The molecule has 4 nitrogen and oxygen atoms in total. The molecule has 1 aromatic carbocycles. The van der Waals surface area contributed by atoms with Gasteiger partial charge in [0.15, 0.2) is 0 Å². The SMILES string of the molecule is C[C@@H]1CN(C(=O)c2ccccc2)CC/C1=N\O. The van der Waals surface area contributed by atoms with Gasteiger partial charge in [-0.1, -0.05) is 30.3 Å². The molecule has 0 unspecified atom stereocenters. The van der Waals surface area contributed by atoms with Crippen LogP contribution in [-0.2, 0) is 0 Å². The first-order valence-electron chi connectivity index (χ1n) is 5.77. The van der Waals surface area contributed by atoms with Crippen LogP contribution in [0.25, 0.3) is 0 Å². The van der Waals surface area contributed by atoms with Crippen LogP contribution in [0.15, 0.2) is 35.5 Å². The molecule has 1 aliphatic heterocycles. The van der Waals surface area contributed by atoms with Gasteiger partial charge in [-0.25, -0.2) is 0 Å². The van der Waals surface area contributed by atoms with Crippen LogP contribution in [0.2, 0.25) is 0 Å². The molecule has 1 saturated heterocycles. The fourth-order valence-corrected chi connectivity index (χ4v) is 2.12. The average molecular weight is 232 g/mol. The molecule has 0 bridgehead atoms. The van der Waals surface area contributed by atoms with Crippen LogP contribution in [0.1, 0.15) is 23.7 Å². The molecule has 1 aliphatic rings. The molecule has 2 rings (SSSR count). The second-order valence-electron chi connectivity index (χ2n) is 4.36. The van der Waals surface area contributed by atoms with E-state index in [9.17, 15) is 4.79 Å². The standard InChI is InChI=1S/C13H16N2O2/c1-10-9-15(8-7-12(10)14-17)13(16)11-5-3-2-4-6-11/h2-6,10,17H,7-9H2,1H3/b14-12+/t10-/m1/s1. The van der Waals surface area contributed by atoms with Gasteiger partial charge in [0.1, 0.15) is 0 Å². The lowest BCUT2D eigenvalue weighted by Gasteiger charge is -2.31. The second-order valence-corrected chi connectivity index (χ2v) is 4.36. The monoisotopic (exact) mass is 232 g/mol. The Hall–Kier alpha value is -1.84. The predicted octanol–water partition coefficient (Wildman–Crippen LogP) is 2.00. The van der Waals surface area contributed by atoms with Crippen LogP contribution < -0.4 is 0 Å². The van der Waals surface area contributed by atoms with Crippen molar-refractivity contribution >= 4 is 11.6 Å². The predicted molar refractivity (Wildman–Crippen MR) is 65.3 cm³/mol. The van der Waals surface area contributed by atoms with Gasteiger partial charge in [0.25, 0.3) is 5.91 Å². The molecular weight excluding hydrogens is 216 g/mol. The Morgan fingerprint density at radius 2 is 2.12 bits per heavy atom. The van der Waals surface area contributed by atoms with Crippen molar-refractivity contribution in [2.45, 2.75) is 13.3 Å². The van der Waals surface area contributed by atoms with Crippen molar-refractivity contribution < 1.29 is 10.0 Å². The molecule has 17 heavy (non-hydrogen) atoms. The van der Waals surface area contributed by atoms with Crippen LogP contribution in [-0.4, -0.2) is 34.8 Å². The first-order valence-corrected chi connectivity index (χ1v) is 5.77. The topological polar surface area (TPSA) is 52.9 Å². The Kier molecular flexibility index (Phi) is 3.42.